The van der Waals surface area contributed by atoms with E-state index in [1.807, 2.05) is 49.4 Å². The van der Waals surface area contributed by atoms with E-state index in [9.17, 15) is 14.7 Å². The van der Waals surface area contributed by atoms with Gasteiger partial charge in [0.15, 0.2) is 24.7 Å². The minimum absolute atomic E-state index is 0.123. The van der Waals surface area contributed by atoms with Gasteiger partial charge in [-0.1, -0.05) is 42.5 Å². The maximum absolute atomic E-state index is 13.5. The Labute approximate surface area is 230 Å². The van der Waals surface area contributed by atoms with Crippen molar-refractivity contribution in [2.45, 2.75) is 19.4 Å². The Bertz CT molecular complexity index is 1600. The number of methoxy groups -OCH3 is 1. The van der Waals surface area contributed by atoms with Crippen LogP contribution >= 0.6 is 0 Å². The summed E-state index contributed by atoms with van der Waals surface area (Å²) in [7, 11) is 1.47. The van der Waals surface area contributed by atoms with Gasteiger partial charge in [-0.15, -0.1) is 0 Å². The summed E-state index contributed by atoms with van der Waals surface area (Å²) < 4.78 is 16.7. The number of hydrazone groups is 1. The molecule has 0 saturated carbocycles. The number of aromatic hydroxyl groups is 1. The Morgan fingerprint density at radius 2 is 1.68 bits per heavy atom. The molecule has 1 atom stereocenters. The molecule has 0 bridgehead atoms. The molecule has 1 amide bonds. The summed E-state index contributed by atoms with van der Waals surface area (Å²) in [5.41, 5.74) is 2.99. The van der Waals surface area contributed by atoms with E-state index in [-0.39, 0.29) is 18.3 Å². The first-order chi connectivity index (χ1) is 19.3. The van der Waals surface area contributed by atoms with Gasteiger partial charge in [-0.25, -0.2) is 9.80 Å². The number of carboxylic acid groups (broad SMARTS) is 1. The van der Waals surface area contributed by atoms with Crippen molar-refractivity contribution in [3.05, 3.63) is 95.6 Å². The molecule has 40 heavy (non-hydrogen) atoms. The van der Waals surface area contributed by atoms with E-state index in [2.05, 4.69) is 0 Å². The Balaban J connectivity index is 1.42. The smallest absolute Gasteiger partial charge is 0.341 e. The van der Waals surface area contributed by atoms with Crippen molar-refractivity contribution in [3.63, 3.8) is 0 Å². The van der Waals surface area contributed by atoms with Gasteiger partial charge >= 0.3 is 5.97 Å². The van der Waals surface area contributed by atoms with E-state index in [4.69, 9.17) is 24.4 Å². The van der Waals surface area contributed by atoms with Gasteiger partial charge in [0.2, 0.25) is 0 Å². The highest BCUT2D eigenvalue weighted by Gasteiger charge is 2.34. The Morgan fingerprint density at radius 3 is 2.40 bits per heavy atom. The molecule has 0 saturated heterocycles. The van der Waals surface area contributed by atoms with Gasteiger partial charge in [0.25, 0.3) is 5.91 Å². The van der Waals surface area contributed by atoms with Crippen LogP contribution in [0.2, 0.25) is 0 Å². The fourth-order valence-corrected chi connectivity index (χ4v) is 4.71. The van der Waals surface area contributed by atoms with Crippen molar-refractivity contribution < 1.29 is 34.0 Å². The van der Waals surface area contributed by atoms with Crippen LogP contribution in [0.5, 0.6) is 23.0 Å². The summed E-state index contributed by atoms with van der Waals surface area (Å²) in [6, 6.07) is 23.3. The summed E-state index contributed by atoms with van der Waals surface area (Å²) in [5.74, 6) is -0.0631. The third kappa shape index (κ3) is 5.68. The number of carbonyl (C=O) groups excluding carboxylic acids is 1. The average Bonchev–Trinajstić information content (AvgIpc) is 3.40. The third-order valence-electron chi connectivity index (χ3n) is 6.70. The van der Waals surface area contributed by atoms with Gasteiger partial charge < -0.3 is 24.4 Å². The number of fused-ring (bicyclic) bond motifs is 1. The van der Waals surface area contributed by atoms with E-state index < -0.39 is 18.6 Å². The quantitative estimate of drug-likeness (QED) is 0.304. The van der Waals surface area contributed by atoms with E-state index in [0.29, 0.717) is 29.4 Å². The summed E-state index contributed by atoms with van der Waals surface area (Å²) in [6.45, 7) is 1.14. The highest BCUT2D eigenvalue weighted by Crippen LogP contribution is 2.37. The second kappa shape index (κ2) is 11.4. The van der Waals surface area contributed by atoms with Crippen LogP contribution in [0, 0.1) is 6.92 Å². The number of ether oxygens (including phenoxy) is 3. The summed E-state index contributed by atoms with van der Waals surface area (Å²) in [4.78, 5) is 24.4. The predicted octanol–water partition coefficient (Wildman–Crippen LogP) is 5.08. The molecule has 9 heteroatoms. The van der Waals surface area contributed by atoms with Gasteiger partial charge in [-0.2, -0.15) is 5.10 Å². The number of carbonyl (C=O) groups is 2. The lowest BCUT2D eigenvalue weighted by Gasteiger charge is -2.22. The molecular formula is C31H28N2O7. The van der Waals surface area contributed by atoms with Crippen molar-refractivity contribution in [1.29, 1.82) is 0 Å². The average molecular weight is 541 g/mol. The van der Waals surface area contributed by atoms with Crippen LogP contribution in [-0.2, 0) is 9.59 Å². The first kappa shape index (κ1) is 26.6. The minimum Gasteiger partial charge on any atom is -0.508 e. The van der Waals surface area contributed by atoms with Crippen molar-refractivity contribution >= 4 is 28.4 Å². The number of nitrogens with zero attached hydrogens (tertiary/aromatic N) is 2. The molecule has 0 aliphatic carbocycles. The fraction of sp³-hybridized carbons (Fsp3) is 0.194. The molecule has 0 aromatic heterocycles. The number of aryl methyl sites for hydroxylation is 1. The summed E-state index contributed by atoms with van der Waals surface area (Å²) in [6.07, 6.45) is 0.409. The Kier molecular flexibility index (Phi) is 7.54. The molecule has 5 rings (SSSR count). The fourth-order valence-electron chi connectivity index (χ4n) is 4.71. The van der Waals surface area contributed by atoms with Gasteiger partial charge in [0.05, 0.1) is 18.9 Å². The molecule has 2 N–H and O–H groups in total. The Morgan fingerprint density at radius 1 is 0.925 bits per heavy atom. The third-order valence-corrected chi connectivity index (χ3v) is 6.70. The molecule has 0 unspecified atom stereocenters. The summed E-state index contributed by atoms with van der Waals surface area (Å²) in [5, 5.41) is 27.0. The van der Waals surface area contributed by atoms with Crippen LogP contribution in [0.25, 0.3) is 10.8 Å². The molecule has 0 spiro atoms. The molecule has 0 radical (unpaired) electrons. The molecule has 1 heterocycles. The highest BCUT2D eigenvalue weighted by atomic mass is 16.5. The molecule has 1 aliphatic heterocycles. The molecular weight excluding hydrogens is 512 g/mol. The predicted molar refractivity (Wildman–Crippen MR) is 149 cm³/mol. The zero-order valence-electron chi connectivity index (χ0n) is 22.0. The number of hydrogen-bond acceptors (Lipinski definition) is 7. The van der Waals surface area contributed by atoms with E-state index in [1.54, 1.807) is 36.4 Å². The zero-order chi connectivity index (χ0) is 28.2. The van der Waals surface area contributed by atoms with Gasteiger partial charge in [-0.3, -0.25) is 4.79 Å². The SMILES string of the molecule is COc1cc(C2=NN(C(=O)COc3ccc4ccccc4c3)[C@H](c3ccc(O)cc3)C2)c(C)cc1OCC(=O)O. The second-order valence-corrected chi connectivity index (χ2v) is 9.39. The number of phenolic OH excluding ortho intramolecular Hbond substituents is 1. The van der Waals surface area contributed by atoms with Crippen LogP contribution < -0.4 is 14.2 Å². The minimum atomic E-state index is -1.10. The van der Waals surface area contributed by atoms with E-state index in [0.717, 1.165) is 27.5 Å². The monoisotopic (exact) mass is 540 g/mol. The normalized spacial score (nSPS) is 14.6. The molecule has 9 nitrogen and oxygen atoms in total. The van der Waals surface area contributed by atoms with Crippen LogP contribution in [-0.4, -0.2) is 53.1 Å². The lowest BCUT2D eigenvalue weighted by atomic mass is 9.95. The number of hydrogen-bond donors (Lipinski definition) is 2. The molecule has 204 valence electrons. The highest BCUT2D eigenvalue weighted by molar-refractivity contribution is 6.05. The van der Waals surface area contributed by atoms with Crippen LogP contribution in [0.15, 0.2) is 84.0 Å². The number of benzene rings is 4. The first-order valence-electron chi connectivity index (χ1n) is 12.7. The summed E-state index contributed by atoms with van der Waals surface area (Å²) >= 11 is 0. The lowest BCUT2D eigenvalue weighted by Crippen LogP contribution is -2.31. The van der Waals surface area contributed by atoms with Gasteiger partial charge in [-0.05, 0) is 65.2 Å². The Hall–Kier alpha value is -5.05. The van der Waals surface area contributed by atoms with Crippen LogP contribution in [0.4, 0.5) is 0 Å². The molecule has 0 fully saturated rings. The van der Waals surface area contributed by atoms with E-state index in [1.165, 1.54) is 12.1 Å². The standard InChI is InChI=1S/C31H28N2O7/c1-19-13-29(40-18-31(36)37)28(38-2)15-25(19)26-16-27(21-7-10-23(34)11-8-21)33(32-26)30(35)17-39-24-12-9-20-5-3-4-6-22(20)14-24/h3-15,27,34H,16-18H2,1-2H3,(H,36,37)/t27-/m0/s1. The number of aliphatic carboxylic acids is 1. The number of amides is 1. The number of phenols is 1. The van der Waals surface area contributed by atoms with Crippen LogP contribution in [0.3, 0.4) is 0 Å². The molecule has 4 aromatic rings. The second-order valence-electron chi connectivity index (χ2n) is 9.39. The first-order valence-corrected chi connectivity index (χ1v) is 12.7. The zero-order valence-corrected chi connectivity index (χ0v) is 22.0. The largest absolute Gasteiger partial charge is 0.508 e. The van der Waals surface area contributed by atoms with Crippen molar-refractivity contribution in [1.82, 2.24) is 5.01 Å². The number of carboxylic acids is 1. The van der Waals surface area contributed by atoms with Gasteiger partial charge in [0, 0.05) is 12.0 Å². The molecule has 4 aromatic carbocycles. The van der Waals surface area contributed by atoms with Crippen LogP contribution in [0.1, 0.15) is 29.2 Å². The molecule has 1 aliphatic rings. The van der Waals surface area contributed by atoms with Crippen molar-refractivity contribution in [2.75, 3.05) is 20.3 Å². The van der Waals surface area contributed by atoms with E-state index >= 15 is 0 Å². The van der Waals surface area contributed by atoms with Crippen molar-refractivity contribution in [2.24, 2.45) is 5.10 Å². The lowest BCUT2D eigenvalue weighted by molar-refractivity contribution is -0.139. The van der Waals surface area contributed by atoms with Crippen molar-refractivity contribution in [3.8, 4) is 23.0 Å². The maximum Gasteiger partial charge on any atom is 0.341 e. The number of rotatable bonds is 9. The van der Waals surface area contributed by atoms with Gasteiger partial charge in [0.1, 0.15) is 11.5 Å². The topological polar surface area (TPSA) is 118 Å². The maximum atomic E-state index is 13.5.